The molecule has 1 N–H and O–H groups in total. The second-order valence-corrected chi connectivity index (χ2v) is 4.86. The van der Waals surface area contributed by atoms with Crippen LogP contribution in [0.15, 0.2) is 40.9 Å². The number of hydrogen-bond donors (Lipinski definition) is 1. The molecule has 0 saturated heterocycles. The molecule has 0 heterocycles. The summed E-state index contributed by atoms with van der Waals surface area (Å²) in [6.45, 7) is 0. The van der Waals surface area contributed by atoms with Gasteiger partial charge in [-0.1, -0.05) is 6.07 Å². The molecule has 0 spiro atoms. The smallest absolute Gasteiger partial charge is 0.270 e. The first-order chi connectivity index (χ1) is 9.88. The summed E-state index contributed by atoms with van der Waals surface area (Å²) in [6, 6.07) is 6.60. The van der Waals surface area contributed by atoms with Crippen molar-refractivity contribution in [1.82, 2.24) is 0 Å². The van der Waals surface area contributed by atoms with E-state index in [4.69, 9.17) is 0 Å². The van der Waals surface area contributed by atoms with E-state index in [1.54, 1.807) is 0 Å². The fourth-order valence-electron chi connectivity index (χ4n) is 1.57. The maximum absolute atomic E-state index is 13.6. The van der Waals surface area contributed by atoms with Gasteiger partial charge in [0.25, 0.3) is 11.6 Å². The molecule has 0 unspecified atom stereocenters. The van der Waals surface area contributed by atoms with Crippen molar-refractivity contribution in [3.8, 4) is 0 Å². The molecule has 0 aliphatic rings. The van der Waals surface area contributed by atoms with Crippen LogP contribution in [0.25, 0.3) is 0 Å². The Bertz CT molecular complexity index is 737. The topological polar surface area (TPSA) is 72.2 Å². The van der Waals surface area contributed by atoms with Crippen LogP contribution in [0.3, 0.4) is 0 Å². The number of nitro groups is 1. The Morgan fingerprint density at radius 3 is 2.57 bits per heavy atom. The van der Waals surface area contributed by atoms with Crippen LogP contribution in [-0.2, 0) is 0 Å². The largest absolute Gasteiger partial charge is 0.319 e. The summed E-state index contributed by atoms with van der Waals surface area (Å²) >= 11 is 2.81. The van der Waals surface area contributed by atoms with E-state index in [-0.39, 0.29) is 21.4 Å². The van der Waals surface area contributed by atoms with Crippen molar-refractivity contribution in [1.29, 1.82) is 0 Å². The quantitative estimate of drug-likeness (QED) is 0.515. The Balaban J connectivity index is 2.28. The third kappa shape index (κ3) is 3.40. The summed E-state index contributed by atoms with van der Waals surface area (Å²) in [7, 11) is 0. The van der Waals surface area contributed by atoms with Crippen LogP contribution in [0.1, 0.15) is 10.4 Å². The number of anilines is 1. The summed E-state index contributed by atoms with van der Waals surface area (Å²) < 4.78 is 26.8. The Labute approximate surface area is 125 Å². The Morgan fingerprint density at radius 2 is 1.90 bits per heavy atom. The molecule has 0 aromatic heterocycles. The van der Waals surface area contributed by atoms with Crippen LogP contribution in [0.2, 0.25) is 0 Å². The standard InChI is InChI=1S/C13H7BrF2N2O3/c14-9-5-11(16)12(6-10(9)15)17-13(19)7-2-1-3-8(4-7)18(20)21/h1-6H,(H,17,19). The van der Waals surface area contributed by atoms with Crippen LogP contribution in [-0.4, -0.2) is 10.8 Å². The lowest BCUT2D eigenvalue weighted by atomic mass is 10.2. The minimum Gasteiger partial charge on any atom is -0.319 e. The first-order valence-electron chi connectivity index (χ1n) is 5.59. The zero-order valence-electron chi connectivity index (χ0n) is 10.3. The number of carbonyl (C=O) groups excluding carboxylic acids is 1. The maximum atomic E-state index is 13.6. The van der Waals surface area contributed by atoms with Gasteiger partial charge in [0.05, 0.1) is 15.1 Å². The zero-order chi connectivity index (χ0) is 15.6. The molecular weight excluding hydrogens is 350 g/mol. The van der Waals surface area contributed by atoms with E-state index in [0.717, 1.165) is 18.2 Å². The fraction of sp³-hybridized carbons (Fsp3) is 0. The molecule has 0 bridgehead atoms. The molecule has 0 aliphatic carbocycles. The molecule has 2 aromatic rings. The van der Waals surface area contributed by atoms with Gasteiger partial charge in [0.15, 0.2) is 0 Å². The average Bonchev–Trinajstić information content (AvgIpc) is 2.44. The number of halogens is 3. The maximum Gasteiger partial charge on any atom is 0.270 e. The number of nitro benzene ring substituents is 1. The van der Waals surface area contributed by atoms with Crippen LogP contribution in [0, 0.1) is 21.7 Å². The summed E-state index contributed by atoms with van der Waals surface area (Å²) in [4.78, 5) is 21.9. The van der Waals surface area contributed by atoms with Crippen LogP contribution < -0.4 is 5.32 Å². The molecule has 5 nitrogen and oxygen atoms in total. The molecule has 0 radical (unpaired) electrons. The van der Waals surface area contributed by atoms with Gasteiger partial charge in [0.2, 0.25) is 0 Å². The number of hydrogen-bond acceptors (Lipinski definition) is 3. The van der Waals surface area contributed by atoms with Gasteiger partial charge in [-0.2, -0.15) is 0 Å². The van der Waals surface area contributed by atoms with Crippen molar-refractivity contribution < 1.29 is 18.5 Å². The lowest BCUT2D eigenvalue weighted by Gasteiger charge is -2.07. The van der Waals surface area contributed by atoms with Gasteiger partial charge in [-0.3, -0.25) is 14.9 Å². The first kappa shape index (κ1) is 15.0. The lowest BCUT2D eigenvalue weighted by molar-refractivity contribution is -0.384. The van der Waals surface area contributed by atoms with Crippen molar-refractivity contribution in [3.63, 3.8) is 0 Å². The second kappa shape index (κ2) is 5.96. The predicted molar refractivity (Wildman–Crippen MR) is 75.1 cm³/mol. The van der Waals surface area contributed by atoms with E-state index in [9.17, 15) is 23.7 Å². The van der Waals surface area contributed by atoms with Crippen LogP contribution >= 0.6 is 15.9 Å². The highest BCUT2D eigenvalue weighted by Crippen LogP contribution is 2.24. The third-order valence-electron chi connectivity index (χ3n) is 2.58. The van der Waals surface area contributed by atoms with Crippen LogP contribution in [0.5, 0.6) is 0 Å². The van der Waals surface area contributed by atoms with Gasteiger partial charge in [-0.25, -0.2) is 8.78 Å². The SMILES string of the molecule is O=C(Nc1cc(F)c(Br)cc1F)c1cccc([N+](=O)[O-])c1. The number of nitrogens with one attached hydrogen (secondary N) is 1. The average molecular weight is 357 g/mol. The number of benzene rings is 2. The predicted octanol–water partition coefficient (Wildman–Crippen LogP) is 3.89. The second-order valence-electron chi connectivity index (χ2n) is 4.01. The lowest BCUT2D eigenvalue weighted by Crippen LogP contribution is -2.13. The molecule has 1 amide bonds. The van der Waals surface area contributed by atoms with Crippen molar-refractivity contribution in [2.24, 2.45) is 0 Å². The zero-order valence-corrected chi connectivity index (χ0v) is 11.9. The minimum absolute atomic E-state index is 0.0353. The highest BCUT2D eigenvalue weighted by Gasteiger charge is 2.15. The summed E-state index contributed by atoms with van der Waals surface area (Å²) in [5.41, 5.74) is -0.663. The Kier molecular flexibility index (Phi) is 4.27. The molecule has 108 valence electrons. The van der Waals surface area contributed by atoms with E-state index in [1.807, 2.05) is 0 Å². The number of rotatable bonds is 3. The Hall–Kier alpha value is -2.35. The van der Waals surface area contributed by atoms with Gasteiger partial charge in [-0.05, 0) is 28.1 Å². The van der Waals surface area contributed by atoms with E-state index in [1.165, 1.54) is 18.2 Å². The summed E-state index contributed by atoms with van der Waals surface area (Å²) in [5, 5.41) is 12.8. The van der Waals surface area contributed by atoms with E-state index in [2.05, 4.69) is 21.2 Å². The molecule has 21 heavy (non-hydrogen) atoms. The number of non-ortho nitro benzene ring substituents is 1. The van der Waals surface area contributed by atoms with Gasteiger partial charge >= 0.3 is 0 Å². The van der Waals surface area contributed by atoms with Gasteiger partial charge in [0, 0.05) is 23.8 Å². The van der Waals surface area contributed by atoms with Crippen molar-refractivity contribution in [3.05, 3.63) is 68.2 Å². The molecule has 0 fully saturated rings. The highest BCUT2D eigenvalue weighted by molar-refractivity contribution is 9.10. The van der Waals surface area contributed by atoms with Crippen molar-refractivity contribution >= 4 is 33.2 Å². The molecular formula is C13H7BrF2N2O3. The van der Waals surface area contributed by atoms with Crippen LogP contribution in [0.4, 0.5) is 20.2 Å². The van der Waals surface area contributed by atoms with E-state index < -0.39 is 22.5 Å². The fourth-order valence-corrected chi connectivity index (χ4v) is 1.89. The van der Waals surface area contributed by atoms with Gasteiger partial charge in [0.1, 0.15) is 11.6 Å². The molecule has 0 atom stereocenters. The number of nitrogens with zero attached hydrogens (tertiary/aromatic N) is 1. The van der Waals surface area contributed by atoms with Gasteiger partial charge in [-0.15, -0.1) is 0 Å². The van der Waals surface area contributed by atoms with E-state index in [0.29, 0.717) is 0 Å². The molecule has 2 rings (SSSR count). The number of amides is 1. The molecule has 2 aromatic carbocycles. The van der Waals surface area contributed by atoms with Crippen molar-refractivity contribution in [2.75, 3.05) is 5.32 Å². The highest BCUT2D eigenvalue weighted by atomic mass is 79.9. The summed E-state index contributed by atoms with van der Waals surface area (Å²) in [5.74, 6) is -2.35. The van der Waals surface area contributed by atoms with E-state index >= 15 is 0 Å². The normalized spacial score (nSPS) is 10.2. The Morgan fingerprint density at radius 1 is 1.19 bits per heavy atom. The molecule has 0 saturated carbocycles. The first-order valence-corrected chi connectivity index (χ1v) is 6.38. The minimum atomic E-state index is -0.831. The third-order valence-corrected chi connectivity index (χ3v) is 3.19. The summed E-state index contributed by atoms with van der Waals surface area (Å²) in [6.07, 6.45) is 0. The monoisotopic (exact) mass is 356 g/mol. The van der Waals surface area contributed by atoms with Gasteiger partial charge < -0.3 is 5.32 Å². The number of carbonyl (C=O) groups is 1. The molecule has 0 aliphatic heterocycles. The molecule has 8 heteroatoms. The van der Waals surface area contributed by atoms with Crippen molar-refractivity contribution in [2.45, 2.75) is 0 Å².